The molecule has 0 aliphatic carbocycles. The van der Waals surface area contributed by atoms with Crippen LogP contribution in [-0.4, -0.2) is 26.2 Å². The Hall–Kier alpha value is -2.76. The normalized spacial score (nSPS) is 10.4. The van der Waals surface area contributed by atoms with Gasteiger partial charge in [0.05, 0.1) is 14.2 Å². The van der Waals surface area contributed by atoms with Crippen molar-refractivity contribution in [1.29, 1.82) is 0 Å². The molecule has 0 unspecified atom stereocenters. The van der Waals surface area contributed by atoms with Crippen LogP contribution in [0, 0.1) is 6.92 Å². The number of carbonyl (C=O) groups is 2. The number of hydrogen-bond acceptors (Lipinski definition) is 6. The van der Waals surface area contributed by atoms with Gasteiger partial charge in [-0.1, -0.05) is 0 Å². The molecule has 0 fully saturated rings. The molecular weight excluding hydrogens is 324 g/mol. The van der Waals surface area contributed by atoms with E-state index in [0.717, 1.165) is 27.5 Å². The molecule has 2 aromatic carbocycles. The number of aryl methyl sites for hydroxylation is 1. The van der Waals surface area contributed by atoms with Crippen molar-refractivity contribution < 1.29 is 28.5 Å². The monoisotopic (exact) mass is 346 g/mol. The Morgan fingerprint density at radius 2 is 1.44 bits per heavy atom. The van der Waals surface area contributed by atoms with Crippen LogP contribution in [0.4, 0.5) is 0 Å². The van der Waals surface area contributed by atoms with Gasteiger partial charge >= 0.3 is 11.9 Å². The zero-order valence-electron chi connectivity index (χ0n) is 15.1. The van der Waals surface area contributed by atoms with Gasteiger partial charge in [0.25, 0.3) is 0 Å². The van der Waals surface area contributed by atoms with E-state index in [1.54, 1.807) is 14.2 Å². The van der Waals surface area contributed by atoms with Crippen LogP contribution in [0.5, 0.6) is 11.5 Å². The minimum absolute atomic E-state index is 0.108. The zero-order valence-corrected chi connectivity index (χ0v) is 15.1. The summed E-state index contributed by atoms with van der Waals surface area (Å²) in [7, 11) is 3.15. The lowest BCUT2D eigenvalue weighted by Gasteiger charge is -2.17. The average molecular weight is 346 g/mol. The first-order chi connectivity index (χ1) is 11.9. The van der Waals surface area contributed by atoms with Gasteiger partial charge in [0.2, 0.25) is 0 Å². The van der Waals surface area contributed by atoms with Crippen molar-refractivity contribution in [3.05, 3.63) is 34.9 Å². The van der Waals surface area contributed by atoms with E-state index >= 15 is 0 Å². The first-order valence-corrected chi connectivity index (χ1v) is 7.81. The maximum Gasteiger partial charge on any atom is 0.302 e. The second kappa shape index (κ2) is 7.88. The highest BCUT2D eigenvalue weighted by molar-refractivity contribution is 5.90. The highest BCUT2D eigenvalue weighted by Crippen LogP contribution is 2.36. The molecule has 0 saturated heterocycles. The van der Waals surface area contributed by atoms with Crippen molar-refractivity contribution in [3.63, 3.8) is 0 Å². The number of hydrogen-bond donors (Lipinski definition) is 0. The molecule has 0 amide bonds. The standard InChI is InChI=1S/C19H22O6/c1-11-16-8-19(23-5)18(22-4)7-14(16)6-15(9-24-12(2)20)17(11)10-25-13(3)21/h6-8H,9-10H2,1-5H3. The lowest BCUT2D eigenvalue weighted by Crippen LogP contribution is -2.08. The van der Waals surface area contributed by atoms with Crippen LogP contribution < -0.4 is 9.47 Å². The van der Waals surface area contributed by atoms with Crippen LogP contribution in [0.25, 0.3) is 10.8 Å². The number of rotatable bonds is 6. The van der Waals surface area contributed by atoms with Crippen molar-refractivity contribution in [2.45, 2.75) is 34.0 Å². The SMILES string of the molecule is COc1cc2cc(COC(C)=O)c(COC(C)=O)c(C)c2cc1OC. The number of ether oxygens (including phenoxy) is 4. The molecule has 134 valence electrons. The summed E-state index contributed by atoms with van der Waals surface area (Å²) in [5.74, 6) is 0.485. The third kappa shape index (κ3) is 4.21. The first-order valence-electron chi connectivity index (χ1n) is 7.81. The van der Waals surface area contributed by atoms with Crippen molar-refractivity contribution in [2.24, 2.45) is 0 Å². The molecule has 6 nitrogen and oxygen atoms in total. The van der Waals surface area contributed by atoms with E-state index in [1.807, 2.05) is 25.1 Å². The van der Waals surface area contributed by atoms with Crippen molar-refractivity contribution in [2.75, 3.05) is 14.2 Å². The Kier molecular flexibility index (Phi) is 5.85. The molecule has 0 heterocycles. The van der Waals surface area contributed by atoms with Crippen LogP contribution in [-0.2, 0) is 32.3 Å². The van der Waals surface area contributed by atoms with E-state index in [1.165, 1.54) is 13.8 Å². The van der Waals surface area contributed by atoms with Gasteiger partial charge in [-0.3, -0.25) is 9.59 Å². The van der Waals surface area contributed by atoms with Gasteiger partial charge in [0, 0.05) is 13.8 Å². The number of benzene rings is 2. The summed E-state index contributed by atoms with van der Waals surface area (Å²) < 4.78 is 21.0. The molecule has 25 heavy (non-hydrogen) atoms. The smallest absolute Gasteiger partial charge is 0.302 e. The van der Waals surface area contributed by atoms with E-state index < -0.39 is 0 Å². The molecule has 0 N–H and O–H groups in total. The maximum absolute atomic E-state index is 11.2. The summed E-state index contributed by atoms with van der Waals surface area (Å²) in [6.07, 6.45) is 0. The fourth-order valence-corrected chi connectivity index (χ4v) is 2.70. The molecule has 0 radical (unpaired) electrons. The van der Waals surface area contributed by atoms with E-state index in [-0.39, 0.29) is 25.2 Å². The Balaban J connectivity index is 2.62. The van der Waals surface area contributed by atoms with Crippen molar-refractivity contribution in [3.8, 4) is 11.5 Å². The summed E-state index contributed by atoms with van der Waals surface area (Å²) in [6, 6.07) is 5.66. The molecule has 0 saturated carbocycles. The Bertz CT molecular complexity index is 809. The molecule has 0 aromatic heterocycles. The topological polar surface area (TPSA) is 71.1 Å². The third-order valence-corrected chi connectivity index (χ3v) is 3.98. The maximum atomic E-state index is 11.2. The first kappa shape index (κ1) is 18.6. The van der Waals surface area contributed by atoms with Crippen LogP contribution in [0.15, 0.2) is 18.2 Å². The van der Waals surface area contributed by atoms with Crippen LogP contribution in [0.3, 0.4) is 0 Å². The van der Waals surface area contributed by atoms with Crippen molar-refractivity contribution >= 4 is 22.7 Å². The predicted octanol–water partition coefficient (Wildman–Crippen LogP) is 3.29. The van der Waals surface area contributed by atoms with Gasteiger partial charge in [0.1, 0.15) is 13.2 Å². The van der Waals surface area contributed by atoms with Crippen molar-refractivity contribution in [1.82, 2.24) is 0 Å². The number of methoxy groups -OCH3 is 2. The van der Waals surface area contributed by atoms with Gasteiger partial charge in [-0.2, -0.15) is 0 Å². The lowest BCUT2D eigenvalue weighted by atomic mass is 9.95. The van der Waals surface area contributed by atoms with Gasteiger partial charge in [-0.25, -0.2) is 0 Å². The zero-order chi connectivity index (χ0) is 18.6. The van der Waals surface area contributed by atoms with Gasteiger partial charge in [-0.15, -0.1) is 0 Å². The second-order valence-corrected chi connectivity index (χ2v) is 5.63. The molecule has 2 rings (SSSR count). The number of fused-ring (bicyclic) bond motifs is 1. The minimum Gasteiger partial charge on any atom is -0.493 e. The largest absolute Gasteiger partial charge is 0.493 e. The minimum atomic E-state index is -0.372. The van der Waals surface area contributed by atoms with Crippen LogP contribution in [0.2, 0.25) is 0 Å². The Morgan fingerprint density at radius 3 is 2.00 bits per heavy atom. The third-order valence-electron chi connectivity index (χ3n) is 3.98. The molecule has 0 aliphatic rings. The molecule has 0 spiro atoms. The lowest BCUT2D eigenvalue weighted by molar-refractivity contribution is -0.143. The Labute approximate surface area is 146 Å². The Morgan fingerprint density at radius 1 is 0.880 bits per heavy atom. The predicted molar refractivity (Wildman–Crippen MR) is 92.7 cm³/mol. The highest BCUT2D eigenvalue weighted by atomic mass is 16.5. The summed E-state index contributed by atoms with van der Waals surface area (Å²) in [4.78, 5) is 22.4. The van der Waals surface area contributed by atoms with Gasteiger partial charge in [-0.05, 0) is 52.6 Å². The van der Waals surface area contributed by atoms with Gasteiger partial charge < -0.3 is 18.9 Å². The van der Waals surface area contributed by atoms with E-state index in [4.69, 9.17) is 18.9 Å². The molecule has 2 aromatic rings. The fourth-order valence-electron chi connectivity index (χ4n) is 2.70. The number of carbonyl (C=O) groups excluding carboxylic acids is 2. The summed E-state index contributed by atoms with van der Waals surface area (Å²) in [6.45, 7) is 4.87. The molecule has 0 bridgehead atoms. The van der Waals surface area contributed by atoms with E-state index in [2.05, 4.69) is 0 Å². The average Bonchev–Trinajstić information content (AvgIpc) is 2.57. The number of esters is 2. The van der Waals surface area contributed by atoms with E-state index in [0.29, 0.717) is 11.5 Å². The summed E-state index contributed by atoms with van der Waals surface area (Å²) in [5, 5.41) is 1.87. The molecular formula is C19H22O6. The second-order valence-electron chi connectivity index (χ2n) is 5.63. The molecule has 6 heteroatoms. The van der Waals surface area contributed by atoms with Crippen LogP contribution in [0.1, 0.15) is 30.5 Å². The van der Waals surface area contributed by atoms with Crippen LogP contribution >= 0.6 is 0 Å². The summed E-state index contributed by atoms with van der Waals surface area (Å²) >= 11 is 0. The quantitative estimate of drug-likeness (QED) is 0.748. The highest BCUT2D eigenvalue weighted by Gasteiger charge is 2.16. The molecule has 0 atom stereocenters. The summed E-state index contributed by atoms with van der Waals surface area (Å²) in [5.41, 5.74) is 2.53. The van der Waals surface area contributed by atoms with E-state index in [9.17, 15) is 9.59 Å². The fraction of sp³-hybridized carbons (Fsp3) is 0.368. The molecule has 0 aliphatic heterocycles. The van der Waals surface area contributed by atoms with Gasteiger partial charge in [0.15, 0.2) is 11.5 Å².